The third kappa shape index (κ3) is 6.50. The molecule has 0 fully saturated rings. The summed E-state index contributed by atoms with van der Waals surface area (Å²) < 4.78 is 0. The molecule has 304 valence electrons. The molecule has 65 heavy (non-hydrogen) atoms. The Morgan fingerprint density at radius 1 is 0.246 bits per heavy atom. The van der Waals surface area contributed by atoms with E-state index in [1.54, 1.807) is 0 Å². The van der Waals surface area contributed by atoms with Gasteiger partial charge < -0.3 is 0 Å². The number of nitrogens with zero attached hydrogens (tertiary/aromatic N) is 2. The summed E-state index contributed by atoms with van der Waals surface area (Å²) in [6, 6.07) is 91.9. The third-order valence-corrected chi connectivity index (χ3v) is 13.2. The lowest BCUT2D eigenvalue weighted by molar-refractivity contribution is 0.769. The molecular weight excluding hydrogens is 785 g/mol. The molecule has 0 spiro atoms. The van der Waals surface area contributed by atoms with Crippen molar-refractivity contribution in [2.45, 2.75) is 5.41 Å². The molecule has 0 radical (unpaired) electrons. The van der Waals surface area contributed by atoms with Gasteiger partial charge >= 0.3 is 0 Å². The van der Waals surface area contributed by atoms with Crippen molar-refractivity contribution in [1.82, 2.24) is 9.97 Å². The molecule has 1 heterocycles. The maximum atomic E-state index is 5.34. The standard InChI is InChI=1S/C63H42N2/c1-6-20-43(21-7-1)50-36-35-47(40-57(50)44-22-8-2-9-23-44)60-42-61(65-62(64-60)45-24-10-3-11-25-45)56-39-38-51(52-30-16-17-31-53(52)56)46-34-37-55-54-32-18-19-33-58(54)63(59(55)41-46,48-26-12-4-13-27-48)49-28-14-5-15-29-49/h1-42H. The molecule has 1 aliphatic carbocycles. The number of rotatable bonds is 8. The number of fused-ring (bicyclic) bond motifs is 4. The van der Waals surface area contributed by atoms with Crippen molar-refractivity contribution in [3.05, 3.63) is 277 Å². The number of benzene rings is 10. The van der Waals surface area contributed by atoms with E-state index in [0.717, 1.165) is 44.6 Å². The molecule has 1 aliphatic rings. The van der Waals surface area contributed by atoms with Crippen molar-refractivity contribution < 1.29 is 0 Å². The van der Waals surface area contributed by atoms with E-state index in [4.69, 9.17) is 9.97 Å². The Balaban J connectivity index is 1.04. The molecule has 2 heteroatoms. The molecule has 0 bridgehead atoms. The van der Waals surface area contributed by atoms with Gasteiger partial charge in [-0.3, -0.25) is 0 Å². The van der Waals surface area contributed by atoms with E-state index in [1.165, 1.54) is 61.0 Å². The van der Waals surface area contributed by atoms with Gasteiger partial charge in [0.15, 0.2) is 5.82 Å². The van der Waals surface area contributed by atoms with E-state index >= 15 is 0 Å². The summed E-state index contributed by atoms with van der Waals surface area (Å²) in [5, 5.41) is 2.31. The smallest absolute Gasteiger partial charge is 0.160 e. The normalized spacial score (nSPS) is 12.4. The molecule has 0 unspecified atom stereocenters. The van der Waals surface area contributed by atoms with Crippen LogP contribution in [0.4, 0.5) is 0 Å². The van der Waals surface area contributed by atoms with Crippen LogP contribution in [0.3, 0.4) is 0 Å². The Labute approximate surface area is 379 Å². The van der Waals surface area contributed by atoms with Gasteiger partial charge in [0.1, 0.15) is 0 Å². The van der Waals surface area contributed by atoms with Gasteiger partial charge in [0.25, 0.3) is 0 Å². The zero-order chi connectivity index (χ0) is 43.2. The van der Waals surface area contributed by atoms with Gasteiger partial charge in [0.05, 0.1) is 16.8 Å². The molecule has 0 saturated carbocycles. The van der Waals surface area contributed by atoms with Crippen molar-refractivity contribution >= 4 is 10.8 Å². The number of aromatic nitrogens is 2. The van der Waals surface area contributed by atoms with Crippen LogP contribution in [0.25, 0.3) is 89.2 Å². The van der Waals surface area contributed by atoms with Crippen LogP contribution >= 0.6 is 0 Å². The Kier molecular flexibility index (Phi) is 9.43. The quantitative estimate of drug-likeness (QED) is 0.152. The van der Waals surface area contributed by atoms with Crippen LogP contribution in [0.5, 0.6) is 0 Å². The third-order valence-electron chi connectivity index (χ3n) is 13.2. The SMILES string of the molecule is c1ccc(-c2nc(-c3ccc(-c4ccccc4)c(-c4ccccc4)c3)cc(-c3ccc(-c4ccc5c(c4)C(c4ccccc4)(c4ccccc4)c4ccccc4-5)c4ccccc34)n2)cc1. The predicted molar refractivity (Wildman–Crippen MR) is 269 cm³/mol. The van der Waals surface area contributed by atoms with Gasteiger partial charge in [-0.2, -0.15) is 0 Å². The van der Waals surface area contributed by atoms with E-state index in [9.17, 15) is 0 Å². The van der Waals surface area contributed by atoms with Crippen LogP contribution in [-0.4, -0.2) is 9.97 Å². The minimum absolute atomic E-state index is 0.481. The highest BCUT2D eigenvalue weighted by molar-refractivity contribution is 6.05. The zero-order valence-corrected chi connectivity index (χ0v) is 35.6. The topological polar surface area (TPSA) is 25.8 Å². The summed E-state index contributed by atoms with van der Waals surface area (Å²) in [7, 11) is 0. The van der Waals surface area contributed by atoms with Gasteiger partial charge in [-0.1, -0.05) is 237 Å². The van der Waals surface area contributed by atoms with Gasteiger partial charge in [0.2, 0.25) is 0 Å². The second kappa shape index (κ2) is 16.0. The van der Waals surface area contributed by atoms with Gasteiger partial charge in [-0.15, -0.1) is 0 Å². The molecule has 12 rings (SSSR count). The summed E-state index contributed by atoms with van der Waals surface area (Å²) >= 11 is 0. The van der Waals surface area contributed by atoms with Crippen molar-refractivity contribution in [1.29, 1.82) is 0 Å². The minimum Gasteiger partial charge on any atom is -0.228 e. The second-order valence-corrected chi connectivity index (χ2v) is 16.8. The fourth-order valence-electron chi connectivity index (χ4n) is 10.3. The lowest BCUT2D eigenvalue weighted by atomic mass is 9.67. The van der Waals surface area contributed by atoms with Crippen LogP contribution in [-0.2, 0) is 5.41 Å². The molecule has 11 aromatic rings. The van der Waals surface area contributed by atoms with Crippen LogP contribution in [0, 0.1) is 0 Å². The molecule has 0 atom stereocenters. The summed E-state index contributed by atoms with van der Waals surface area (Å²) in [5.74, 6) is 0.691. The molecule has 0 amide bonds. The molecule has 0 N–H and O–H groups in total. The maximum Gasteiger partial charge on any atom is 0.160 e. The maximum absolute atomic E-state index is 5.34. The molecular formula is C63H42N2. The molecule has 2 nitrogen and oxygen atoms in total. The average molecular weight is 827 g/mol. The zero-order valence-electron chi connectivity index (χ0n) is 35.6. The molecule has 0 aliphatic heterocycles. The van der Waals surface area contributed by atoms with E-state index in [0.29, 0.717) is 5.82 Å². The first-order chi connectivity index (χ1) is 32.2. The molecule has 0 saturated heterocycles. The van der Waals surface area contributed by atoms with Crippen LogP contribution in [0.2, 0.25) is 0 Å². The Morgan fingerprint density at radius 2 is 0.708 bits per heavy atom. The largest absolute Gasteiger partial charge is 0.228 e. The molecule has 1 aromatic heterocycles. The lowest BCUT2D eigenvalue weighted by Gasteiger charge is -2.34. The van der Waals surface area contributed by atoms with Crippen molar-refractivity contribution in [3.8, 4) is 78.4 Å². The van der Waals surface area contributed by atoms with Crippen LogP contribution in [0.1, 0.15) is 22.3 Å². The van der Waals surface area contributed by atoms with Crippen LogP contribution < -0.4 is 0 Å². The first kappa shape index (κ1) is 38.2. The van der Waals surface area contributed by atoms with Gasteiger partial charge in [-0.05, 0) is 95.7 Å². The highest BCUT2D eigenvalue weighted by Crippen LogP contribution is 2.57. The van der Waals surface area contributed by atoms with Crippen molar-refractivity contribution in [2.75, 3.05) is 0 Å². The summed E-state index contributed by atoms with van der Waals surface area (Å²) in [6.45, 7) is 0. The second-order valence-electron chi connectivity index (χ2n) is 16.8. The fourth-order valence-corrected chi connectivity index (χ4v) is 10.3. The Hall–Kier alpha value is -8.46. The van der Waals surface area contributed by atoms with E-state index < -0.39 is 5.41 Å². The van der Waals surface area contributed by atoms with E-state index in [1.807, 2.05) is 6.07 Å². The summed E-state index contributed by atoms with van der Waals surface area (Å²) in [4.78, 5) is 10.6. The van der Waals surface area contributed by atoms with Gasteiger partial charge in [-0.25, -0.2) is 9.97 Å². The molecule has 10 aromatic carbocycles. The summed E-state index contributed by atoms with van der Waals surface area (Å²) in [5.41, 5.74) is 19.0. The van der Waals surface area contributed by atoms with Gasteiger partial charge in [0, 0.05) is 16.7 Å². The van der Waals surface area contributed by atoms with Crippen molar-refractivity contribution in [3.63, 3.8) is 0 Å². The highest BCUT2D eigenvalue weighted by atomic mass is 14.9. The monoisotopic (exact) mass is 826 g/mol. The predicted octanol–water partition coefficient (Wildman–Crippen LogP) is 16.0. The minimum atomic E-state index is -0.481. The first-order valence-electron chi connectivity index (χ1n) is 22.3. The average Bonchev–Trinajstić information content (AvgIpc) is 3.69. The lowest BCUT2D eigenvalue weighted by Crippen LogP contribution is -2.28. The number of hydrogen-bond donors (Lipinski definition) is 0. The van der Waals surface area contributed by atoms with E-state index in [2.05, 4.69) is 249 Å². The van der Waals surface area contributed by atoms with Crippen LogP contribution in [0.15, 0.2) is 255 Å². The first-order valence-corrected chi connectivity index (χ1v) is 22.3. The van der Waals surface area contributed by atoms with E-state index in [-0.39, 0.29) is 0 Å². The summed E-state index contributed by atoms with van der Waals surface area (Å²) in [6.07, 6.45) is 0. The fraction of sp³-hybridized carbons (Fsp3) is 0.0159. The highest BCUT2D eigenvalue weighted by Gasteiger charge is 2.46. The Morgan fingerprint density at radius 3 is 1.37 bits per heavy atom. The van der Waals surface area contributed by atoms with Crippen molar-refractivity contribution in [2.24, 2.45) is 0 Å². The number of hydrogen-bond acceptors (Lipinski definition) is 2. The Bertz CT molecular complexity index is 3470.